The summed E-state index contributed by atoms with van der Waals surface area (Å²) in [5.41, 5.74) is 8.79. The molecule has 0 fully saturated rings. The van der Waals surface area contributed by atoms with Crippen LogP contribution in [0.3, 0.4) is 0 Å². The van der Waals surface area contributed by atoms with Crippen molar-refractivity contribution in [2.24, 2.45) is 5.73 Å². The van der Waals surface area contributed by atoms with E-state index < -0.39 is 5.82 Å². The van der Waals surface area contributed by atoms with Gasteiger partial charge in [-0.25, -0.2) is 4.39 Å². The molecule has 2 aromatic carbocycles. The van der Waals surface area contributed by atoms with Gasteiger partial charge in [-0.3, -0.25) is 0 Å². The first-order valence-corrected chi connectivity index (χ1v) is 6.78. The highest BCUT2D eigenvalue weighted by molar-refractivity contribution is 6.30. The average molecular weight is 294 g/mol. The van der Waals surface area contributed by atoms with Gasteiger partial charge in [-0.2, -0.15) is 0 Å². The summed E-state index contributed by atoms with van der Waals surface area (Å²) in [6, 6.07) is 10.4. The second-order valence-corrected chi connectivity index (χ2v) is 5.27. The molecule has 0 saturated heterocycles. The van der Waals surface area contributed by atoms with Crippen LogP contribution in [0.2, 0.25) is 5.02 Å². The molecule has 2 aromatic rings. The molecule has 20 heavy (non-hydrogen) atoms. The van der Waals surface area contributed by atoms with Crippen molar-refractivity contribution in [1.82, 2.24) is 0 Å². The van der Waals surface area contributed by atoms with Crippen LogP contribution >= 0.6 is 11.6 Å². The molecule has 0 radical (unpaired) electrons. The quantitative estimate of drug-likeness (QED) is 0.907. The molecule has 1 atom stereocenters. The zero-order valence-corrected chi connectivity index (χ0v) is 12.2. The maximum atomic E-state index is 13.1. The zero-order valence-electron chi connectivity index (χ0n) is 11.5. The Morgan fingerprint density at radius 3 is 2.65 bits per heavy atom. The van der Waals surface area contributed by atoms with Gasteiger partial charge in [-0.05, 0) is 43.2 Å². The van der Waals surface area contributed by atoms with Gasteiger partial charge in [0.15, 0.2) is 0 Å². The molecule has 0 aromatic heterocycles. The molecule has 106 valence electrons. The molecule has 4 heteroatoms. The van der Waals surface area contributed by atoms with Crippen LogP contribution < -0.4 is 10.5 Å². The fourth-order valence-electron chi connectivity index (χ4n) is 1.93. The van der Waals surface area contributed by atoms with Crippen LogP contribution in [0.5, 0.6) is 5.75 Å². The first-order chi connectivity index (χ1) is 9.47. The lowest BCUT2D eigenvalue weighted by molar-refractivity contribution is 0.301. The van der Waals surface area contributed by atoms with Gasteiger partial charge >= 0.3 is 0 Å². The third kappa shape index (κ3) is 3.50. The Morgan fingerprint density at radius 2 is 2.00 bits per heavy atom. The Labute approximate surface area is 123 Å². The topological polar surface area (TPSA) is 35.2 Å². The molecule has 2 N–H and O–H groups in total. The van der Waals surface area contributed by atoms with Crippen LogP contribution in [0.25, 0.3) is 0 Å². The smallest absolute Gasteiger partial charge is 0.141 e. The van der Waals surface area contributed by atoms with Gasteiger partial charge in [0.25, 0.3) is 0 Å². The summed E-state index contributed by atoms with van der Waals surface area (Å²) in [5, 5.41) is 0.0998. The SMILES string of the molecule is Cc1ccc([C@H](C)N)c(OCc2ccc(F)c(Cl)c2)c1. The Bertz CT molecular complexity index is 613. The van der Waals surface area contributed by atoms with Crippen molar-refractivity contribution < 1.29 is 9.13 Å². The Hall–Kier alpha value is -1.58. The van der Waals surface area contributed by atoms with E-state index in [1.807, 2.05) is 32.0 Å². The first kappa shape index (κ1) is 14.8. The maximum absolute atomic E-state index is 13.1. The second-order valence-electron chi connectivity index (χ2n) is 4.87. The van der Waals surface area contributed by atoms with E-state index in [0.29, 0.717) is 6.61 Å². The lowest BCUT2D eigenvalue weighted by Gasteiger charge is -2.15. The maximum Gasteiger partial charge on any atom is 0.141 e. The van der Waals surface area contributed by atoms with Crippen molar-refractivity contribution in [2.75, 3.05) is 0 Å². The van der Waals surface area contributed by atoms with E-state index in [-0.39, 0.29) is 11.1 Å². The summed E-state index contributed by atoms with van der Waals surface area (Å²) in [6.07, 6.45) is 0. The summed E-state index contributed by atoms with van der Waals surface area (Å²) < 4.78 is 18.9. The molecule has 2 rings (SSSR count). The molecule has 0 amide bonds. The van der Waals surface area contributed by atoms with E-state index in [2.05, 4.69) is 0 Å². The zero-order chi connectivity index (χ0) is 14.7. The molecule has 0 heterocycles. The normalized spacial score (nSPS) is 12.2. The first-order valence-electron chi connectivity index (χ1n) is 6.40. The van der Waals surface area contributed by atoms with Crippen molar-refractivity contribution in [2.45, 2.75) is 26.5 Å². The minimum absolute atomic E-state index is 0.0998. The predicted octanol–water partition coefficient (Wildman–Crippen LogP) is 4.39. The van der Waals surface area contributed by atoms with Crippen molar-refractivity contribution in [3.8, 4) is 5.75 Å². The van der Waals surface area contributed by atoms with Crippen LogP contribution in [0.15, 0.2) is 36.4 Å². The van der Waals surface area contributed by atoms with E-state index in [1.165, 1.54) is 6.07 Å². The number of hydrogen-bond donors (Lipinski definition) is 1. The van der Waals surface area contributed by atoms with Crippen molar-refractivity contribution >= 4 is 11.6 Å². The number of halogens is 2. The molecule has 0 bridgehead atoms. The minimum Gasteiger partial charge on any atom is -0.489 e. The largest absolute Gasteiger partial charge is 0.489 e. The molecule has 0 aliphatic heterocycles. The lowest BCUT2D eigenvalue weighted by Crippen LogP contribution is -2.08. The average Bonchev–Trinajstić information content (AvgIpc) is 2.40. The molecule has 0 aliphatic rings. The van der Waals surface area contributed by atoms with Crippen molar-refractivity contribution in [3.05, 3.63) is 63.9 Å². The molecule has 0 aliphatic carbocycles. The van der Waals surface area contributed by atoms with Gasteiger partial charge in [0.2, 0.25) is 0 Å². The highest BCUT2D eigenvalue weighted by atomic mass is 35.5. The van der Waals surface area contributed by atoms with E-state index >= 15 is 0 Å². The number of benzene rings is 2. The summed E-state index contributed by atoms with van der Waals surface area (Å²) in [7, 11) is 0. The van der Waals surface area contributed by atoms with E-state index in [9.17, 15) is 4.39 Å². The molecular weight excluding hydrogens is 277 g/mol. The van der Waals surface area contributed by atoms with Crippen LogP contribution in [-0.4, -0.2) is 0 Å². The third-order valence-electron chi connectivity index (χ3n) is 3.04. The highest BCUT2D eigenvalue weighted by Gasteiger charge is 2.09. The Kier molecular flexibility index (Phi) is 4.63. The Morgan fingerprint density at radius 1 is 1.25 bits per heavy atom. The number of ether oxygens (including phenoxy) is 1. The van der Waals surface area contributed by atoms with Crippen molar-refractivity contribution in [1.29, 1.82) is 0 Å². The van der Waals surface area contributed by atoms with Crippen LogP contribution in [0.4, 0.5) is 4.39 Å². The fourth-order valence-corrected chi connectivity index (χ4v) is 2.14. The van der Waals surface area contributed by atoms with Gasteiger partial charge in [0.1, 0.15) is 18.2 Å². The van der Waals surface area contributed by atoms with E-state index in [0.717, 1.165) is 22.4 Å². The van der Waals surface area contributed by atoms with Gasteiger partial charge in [0.05, 0.1) is 5.02 Å². The minimum atomic E-state index is -0.428. The van der Waals surface area contributed by atoms with Crippen LogP contribution in [0, 0.1) is 12.7 Å². The number of hydrogen-bond acceptors (Lipinski definition) is 2. The van der Waals surface area contributed by atoms with Gasteiger partial charge in [-0.1, -0.05) is 29.8 Å². The fraction of sp³-hybridized carbons (Fsp3) is 0.250. The van der Waals surface area contributed by atoms with Crippen LogP contribution in [0.1, 0.15) is 29.7 Å². The highest BCUT2D eigenvalue weighted by Crippen LogP contribution is 2.26. The number of nitrogens with two attached hydrogens (primary N) is 1. The second kappa shape index (κ2) is 6.25. The molecule has 2 nitrogen and oxygen atoms in total. The lowest BCUT2D eigenvalue weighted by atomic mass is 10.1. The van der Waals surface area contributed by atoms with Crippen LogP contribution in [-0.2, 0) is 6.61 Å². The van der Waals surface area contributed by atoms with E-state index in [4.69, 9.17) is 22.1 Å². The summed E-state index contributed by atoms with van der Waals surface area (Å²) in [5.74, 6) is 0.322. The summed E-state index contributed by atoms with van der Waals surface area (Å²) in [4.78, 5) is 0. The number of aryl methyl sites for hydroxylation is 1. The summed E-state index contributed by atoms with van der Waals surface area (Å²) >= 11 is 5.75. The standard InChI is InChI=1S/C16H17ClFNO/c1-10-3-5-13(11(2)19)16(7-10)20-9-12-4-6-15(18)14(17)8-12/h3-8,11H,9,19H2,1-2H3/t11-/m0/s1. The predicted molar refractivity (Wildman–Crippen MR) is 79.5 cm³/mol. The molecule has 0 spiro atoms. The summed E-state index contributed by atoms with van der Waals surface area (Å²) in [6.45, 7) is 4.22. The monoisotopic (exact) mass is 293 g/mol. The molecular formula is C16H17ClFNO. The van der Waals surface area contributed by atoms with Crippen molar-refractivity contribution in [3.63, 3.8) is 0 Å². The third-order valence-corrected chi connectivity index (χ3v) is 3.33. The molecule has 0 saturated carbocycles. The number of rotatable bonds is 4. The van der Waals surface area contributed by atoms with Gasteiger partial charge in [-0.15, -0.1) is 0 Å². The van der Waals surface area contributed by atoms with E-state index in [1.54, 1.807) is 12.1 Å². The molecule has 0 unspecified atom stereocenters. The van der Waals surface area contributed by atoms with Gasteiger partial charge in [0, 0.05) is 11.6 Å². The Balaban J connectivity index is 2.17. The van der Waals surface area contributed by atoms with Gasteiger partial charge < -0.3 is 10.5 Å².